The normalized spacial score (nSPS) is 23.0. The maximum Gasteiger partial charge on any atom is 0.131 e. The molecule has 0 spiro atoms. The molecule has 0 saturated heterocycles. The predicted molar refractivity (Wildman–Crippen MR) is 209 cm³/mol. The Hall–Kier alpha value is -5.80. The molecule has 5 aliphatic rings. The molecule has 3 aliphatic carbocycles. The lowest BCUT2D eigenvalue weighted by molar-refractivity contribution is 0.148. The third-order valence-electron chi connectivity index (χ3n) is 12.2. The van der Waals surface area contributed by atoms with Gasteiger partial charge in [-0.05, 0) is 108 Å². The summed E-state index contributed by atoms with van der Waals surface area (Å²) >= 11 is 0. The predicted octanol–water partition coefficient (Wildman–Crippen LogP) is 11.7. The summed E-state index contributed by atoms with van der Waals surface area (Å²) in [6.45, 7) is 0. The number of ether oxygens (including phenoxy) is 2. The molecule has 2 aliphatic heterocycles. The lowest BCUT2D eigenvalue weighted by Gasteiger charge is -2.45. The highest BCUT2D eigenvalue weighted by molar-refractivity contribution is 5.70. The number of hydrogen-bond donors (Lipinski definition) is 0. The van der Waals surface area contributed by atoms with Gasteiger partial charge in [0.05, 0.1) is 0 Å². The molecule has 0 saturated carbocycles. The molecule has 1 aromatic heterocycles. The van der Waals surface area contributed by atoms with Crippen LogP contribution in [0.5, 0.6) is 17.2 Å². The van der Waals surface area contributed by atoms with Gasteiger partial charge in [-0.25, -0.2) is 0 Å². The van der Waals surface area contributed by atoms with E-state index >= 15 is 0 Å². The SMILES string of the molecule is C1=CC2Oc3ccc(-c4ccccc4)cc3C(C3c4ccccc4Oc4cccc(C5CC=Cc6c5c5c(n6-c6ccccc6)CCC5)c43)C2C=C1. The third kappa shape index (κ3) is 4.51. The van der Waals surface area contributed by atoms with Crippen LogP contribution in [0, 0.1) is 5.92 Å². The van der Waals surface area contributed by atoms with Crippen molar-refractivity contribution in [3.63, 3.8) is 0 Å². The van der Waals surface area contributed by atoms with Crippen molar-refractivity contribution < 1.29 is 9.47 Å². The van der Waals surface area contributed by atoms with Gasteiger partial charge < -0.3 is 14.0 Å². The Labute approximate surface area is 305 Å². The number of aromatic nitrogens is 1. The van der Waals surface area contributed by atoms with Crippen molar-refractivity contribution in [1.82, 2.24) is 4.57 Å². The van der Waals surface area contributed by atoms with Gasteiger partial charge in [0, 0.05) is 51.9 Å². The van der Waals surface area contributed by atoms with Crippen molar-refractivity contribution in [2.45, 2.75) is 49.5 Å². The minimum absolute atomic E-state index is 0.0388. The van der Waals surface area contributed by atoms with Gasteiger partial charge in [-0.2, -0.15) is 0 Å². The second-order valence-electron chi connectivity index (χ2n) is 14.9. The van der Waals surface area contributed by atoms with Crippen LogP contribution in [0.3, 0.4) is 0 Å². The second-order valence-corrected chi connectivity index (χ2v) is 14.9. The zero-order valence-corrected chi connectivity index (χ0v) is 29.0. The van der Waals surface area contributed by atoms with E-state index in [-0.39, 0.29) is 29.8 Å². The first-order valence-corrected chi connectivity index (χ1v) is 18.9. The van der Waals surface area contributed by atoms with E-state index < -0.39 is 0 Å². The van der Waals surface area contributed by atoms with Crippen LogP contribution in [0.2, 0.25) is 0 Å². The average molecular weight is 674 g/mol. The van der Waals surface area contributed by atoms with Crippen molar-refractivity contribution in [3.8, 4) is 34.1 Å². The van der Waals surface area contributed by atoms with Crippen molar-refractivity contribution in [2.75, 3.05) is 0 Å². The maximum absolute atomic E-state index is 6.92. The molecular formula is C49H39NO2. The van der Waals surface area contributed by atoms with Gasteiger partial charge in [0.1, 0.15) is 23.4 Å². The summed E-state index contributed by atoms with van der Waals surface area (Å²) in [5.74, 6) is 3.50. The van der Waals surface area contributed by atoms with Crippen LogP contribution >= 0.6 is 0 Å². The summed E-state index contributed by atoms with van der Waals surface area (Å²) in [5.41, 5.74) is 14.9. The van der Waals surface area contributed by atoms with E-state index in [0.29, 0.717) is 0 Å². The first-order chi connectivity index (χ1) is 25.8. The van der Waals surface area contributed by atoms with Gasteiger partial charge in [-0.15, -0.1) is 0 Å². The molecule has 0 amide bonds. The van der Waals surface area contributed by atoms with Crippen molar-refractivity contribution in [1.29, 1.82) is 0 Å². The quantitative estimate of drug-likeness (QED) is 0.186. The van der Waals surface area contributed by atoms with Gasteiger partial charge in [-0.3, -0.25) is 0 Å². The molecular weight excluding hydrogens is 635 g/mol. The zero-order valence-electron chi connectivity index (χ0n) is 29.0. The van der Waals surface area contributed by atoms with Crippen LogP contribution in [0.15, 0.2) is 152 Å². The fourth-order valence-electron chi connectivity index (χ4n) is 10.1. The fraction of sp³-hybridized carbons (Fsp3) is 0.184. The Kier molecular flexibility index (Phi) is 6.83. The van der Waals surface area contributed by atoms with Crippen LogP contribution in [0.4, 0.5) is 0 Å². The molecule has 0 radical (unpaired) electrons. The fourth-order valence-corrected chi connectivity index (χ4v) is 10.1. The molecule has 3 heterocycles. The monoisotopic (exact) mass is 673 g/mol. The van der Waals surface area contributed by atoms with Crippen LogP contribution in [0.25, 0.3) is 22.9 Å². The van der Waals surface area contributed by atoms with Gasteiger partial charge in [0.15, 0.2) is 0 Å². The lowest BCUT2D eigenvalue weighted by atomic mass is 9.64. The van der Waals surface area contributed by atoms with Gasteiger partial charge in [0.25, 0.3) is 0 Å². The average Bonchev–Trinajstić information content (AvgIpc) is 3.80. The first kappa shape index (κ1) is 29.9. The molecule has 0 bridgehead atoms. The van der Waals surface area contributed by atoms with E-state index in [1.54, 1.807) is 5.56 Å². The first-order valence-electron chi connectivity index (χ1n) is 18.9. The number of allylic oxidation sites excluding steroid dienone is 3. The minimum Gasteiger partial charge on any atom is -0.485 e. The van der Waals surface area contributed by atoms with E-state index in [2.05, 4.69) is 162 Å². The molecule has 0 fully saturated rings. The van der Waals surface area contributed by atoms with E-state index in [0.717, 1.165) is 36.5 Å². The van der Waals surface area contributed by atoms with Crippen molar-refractivity contribution >= 4 is 6.08 Å². The summed E-state index contributed by atoms with van der Waals surface area (Å²) in [7, 11) is 0. The number of benzene rings is 5. The van der Waals surface area contributed by atoms with Crippen molar-refractivity contribution in [2.24, 2.45) is 5.92 Å². The molecule has 5 aromatic carbocycles. The molecule has 252 valence electrons. The molecule has 11 rings (SSSR count). The third-order valence-corrected chi connectivity index (χ3v) is 12.2. The topological polar surface area (TPSA) is 23.4 Å². The maximum atomic E-state index is 6.92. The van der Waals surface area contributed by atoms with E-state index in [1.807, 2.05) is 0 Å². The summed E-state index contributed by atoms with van der Waals surface area (Å²) < 4.78 is 16.3. The van der Waals surface area contributed by atoms with Crippen LogP contribution in [-0.2, 0) is 12.8 Å². The molecule has 5 atom stereocenters. The van der Waals surface area contributed by atoms with Crippen LogP contribution in [0.1, 0.15) is 75.4 Å². The number of rotatable bonds is 4. The Morgan fingerprint density at radius 1 is 0.615 bits per heavy atom. The Bertz CT molecular complexity index is 2450. The zero-order chi connectivity index (χ0) is 34.2. The largest absolute Gasteiger partial charge is 0.485 e. The Balaban J connectivity index is 1.14. The minimum atomic E-state index is -0.0388. The van der Waals surface area contributed by atoms with E-state index in [4.69, 9.17) is 9.47 Å². The summed E-state index contributed by atoms with van der Waals surface area (Å²) in [6, 6.07) is 44.1. The van der Waals surface area contributed by atoms with Gasteiger partial charge in [0.2, 0.25) is 0 Å². The molecule has 3 heteroatoms. The van der Waals surface area contributed by atoms with E-state index in [1.165, 1.54) is 62.4 Å². The number of para-hydroxylation sites is 2. The number of nitrogens with zero attached hydrogens (tertiary/aromatic N) is 1. The molecule has 5 unspecified atom stereocenters. The standard InChI is InChI=1S/C49H39NO2/c1-3-14-31(15-4-1)32-28-29-44-39(30-32)47(37-18-7-9-25-42(37)51-44)49-38-19-8-10-26-43(38)52-45-27-13-21-35(48(45)49)34-20-11-24-41-46(34)36-22-12-23-40(36)50(41)33-16-5-2-6-17-33/h1-11,13-19,21,24-30,34,37,42,47,49H,12,20,22-23H2. The molecule has 3 nitrogen and oxygen atoms in total. The van der Waals surface area contributed by atoms with Gasteiger partial charge >= 0.3 is 0 Å². The Morgan fingerprint density at radius 3 is 2.31 bits per heavy atom. The van der Waals surface area contributed by atoms with Crippen LogP contribution < -0.4 is 9.47 Å². The summed E-state index contributed by atoms with van der Waals surface area (Å²) in [6.07, 6.45) is 18.2. The van der Waals surface area contributed by atoms with E-state index in [9.17, 15) is 0 Å². The van der Waals surface area contributed by atoms with Crippen LogP contribution in [-0.4, -0.2) is 10.7 Å². The number of hydrogen-bond acceptors (Lipinski definition) is 2. The molecule has 0 N–H and O–H groups in total. The summed E-state index contributed by atoms with van der Waals surface area (Å²) in [4.78, 5) is 0. The smallest absolute Gasteiger partial charge is 0.131 e. The highest BCUT2D eigenvalue weighted by atomic mass is 16.5. The molecule has 6 aromatic rings. The highest BCUT2D eigenvalue weighted by Crippen LogP contribution is 2.59. The summed E-state index contributed by atoms with van der Waals surface area (Å²) in [5, 5.41) is 0. The van der Waals surface area contributed by atoms with Crippen molar-refractivity contribution in [3.05, 3.63) is 196 Å². The van der Waals surface area contributed by atoms with Gasteiger partial charge in [-0.1, -0.05) is 109 Å². The molecule has 52 heavy (non-hydrogen) atoms. The second kappa shape index (κ2) is 11.9. The Morgan fingerprint density at radius 2 is 1.40 bits per heavy atom. The highest BCUT2D eigenvalue weighted by Gasteiger charge is 2.47. The number of fused-ring (bicyclic) bond motifs is 7. The lowest BCUT2D eigenvalue weighted by Crippen LogP contribution is -2.38.